The highest BCUT2D eigenvalue weighted by Crippen LogP contribution is 1.95. The fourth-order valence-corrected chi connectivity index (χ4v) is 0.538. The van der Waals surface area contributed by atoms with Gasteiger partial charge in [-0.3, -0.25) is 14.9 Å². The lowest BCUT2D eigenvalue weighted by Gasteiger charge is -2.00. The molecule has 0 bridgehead atoms. The normalized spacial score (nSPS) is 12.1. The minimum Gasteiger partial charge on any atom is -0.481 e. The zero-order chi connectivity index (χ0) is 9.72. The molecule has 1 amide bonds. The van der Waals surface area contributed by atoms with Gasteiger partial charge in [-0.2, -0.15) is 0 Å². The highest BCUT2D eigenvalue weighted by atomic mass is 16.6. The summed E-state index contributed by atoms with van der Waals surface area (Å²) >= 11 is 0. The van der Waals surface area contributed by atoms with Gasteiger partial charge in [0.25, 0.3) is 0 Å². The Kier molecular flexibility index (Phi) is 3.84. The van der Waals surface area contributed by atoms with E-state index in [1.807, 2.05) is 0 Å². The number of carboxylic acid groups (broad SMARTS) is 1. The molecule has 0 saturated heterocycles. The van der Waals surface area contributed by atoms with E-state index in [-0.39, 0.29) is 12.8 Å². The lowest BCUT2D eigenvalue weighted by atomic mass is 10.1. The third-order valence-electron chi connectivity index (χ3n) is 1.17. The molecule has 3 N–H and O–H groups in total. The largest absolute Gasteiger partial charge is 0.481 e. The van der Waals surface area contributed by atoms with Crippen molar-refractivity contribution in [1.29, 1.82) is 0 Å². The number of nitrogens with two attached hydrogens (primary N) is 1. The van der Waals surface area contributed by atoms with E-state index in [1.54, 1.807) is 0 Å². The molecule has 0 aromatic carbocycles. The highest BCUT2D eigenvalue weighted by molar-refractivity contribution is 5.74. The molecular weight excluding hydrogens is 168 g/mol. The van der Waals surface area contributed by atoms with E-state index in [4.69, 9.17) is 10.8 Å². The predicted octanol–water partition coefficient (Wildman–Crippen LogP) is -1.02. The molecule has 0 saturated carbocycles. The summed E-state index contributed by atoms with van der Waals surface area (Å²) in [5.41, 5.74) is 5.01. The third kappa shape index (κ3) is 3.62. The van der Waals surface area contributed by atoms with Crippen molar-refractivity contribution in [3.63, 3.8) is 0 Å². The van der Waals surface area contributed by atoms with Crippen LogP contribution in [-0.4, -0.2) is 27.9 Å². The van der Waals surface area contributed by atoms with Crippen LogP contribution >= 0.6 is 0 Å². The SMILES string of the molecule is N[C@@H](CCC(=O)O)C(=O)[N+](=O)[O-]. The molecule has 0 heterocycles. The van der Waals surface area contributed by atoms with Crippen molar-refractivity contribution >= 4 is 11.9 Å². The first-order valence-corrected chi connectivity index (χ1v) is 3.10. The van der Waals surface area contributed by atoms with Crippen molar-refractivity contribution in [2.75, 3.05) is 0 Å². The minimum absolute atomic E-state index is 0.213. The lowest BCUT2D eigenvalue weighted by molar-refractivity contribution is -0.403. The van der Waals surface area contributed by atoms with Crippen molar-refractivity contribution in [2.45, 2.75) is 18.9 Å². The molecule has 0 unspecified atom stereocenters. The van der Waals surface area contributed by atoms with Gasteiger partial charge in [0, 0.05) is 6.42 Å². The van der Waals surface area contributed by atoms with Crippen LogP contribution in [0.3, 0.4) is 0 Å². The van der Waals surface area contributed by atoms with Gasteiger partial charge in [0.15, 0.2) is 0 Å². The van der Waals surface area contributed by atoms with Gasteiger partial charge in [-0.25, -0.2) is 4.79 Å². The highest BCUT2D eigenvalue weighted by Gasteiger charge is 2.25. The Labute approximate surface area is 67.3 Å². The zero-order valence-electron chi connectivity index (χ0n) is 6.10. The van der Waals surface area contributed by atoms with Crippen molar-refractivity contribution in [3.8, 4) is 0 Å². The standard InChI is InChI=1S/C5H8N2O5/c6-3(1-2-4(8)9)5(10)7(11)12/h3H,1-2,6H2,(H,8,9)/t3-/m0/s1. The number of hydrogen-bond donors (Lipinski definition) is 2. The number of nitro groups is 1. The first-order chi connectivity index (χ1) is 5.45. The van der Waals surface area contributed by atoms with E-state index in [2.05, 4.69) is 0 Å². The predicted molar refractivity (Wildman–Crippen MR) is 36.8 cm³/mol. The maximum atomic E-state index is 10.4. The molecular formula is C5H8N2O5. The molecule has 0 aromatic rings. The first-order valence-electron chi connectivity index (χ1n) is 3.10. The van der Waals surface area contributed by atoms with E-state index in [0.29, 0.717) is 0 Å². The number of nitrogens with zero attached hydrogens (tertiary/aromatic N) is 1. The van der Waals surface area contributed by atoms with E-state index >= 15 is 0 Å². The second-order valence-electron chi connectivity index (χ2n) is 2.13. The maximum Gasteiger partial charge on any atom is 0.461 e. The van der Waals surface area contributed by atoms with E-state index in [0.717, 1.165) is 0 Å². The van der Waals surface area contributed by atoms with Gasteiger partial charge < -0.3 is 10.8 Å². The lowest BCUT2D eigenvalue weighted by Crippen LogP contribution is -2.35. The number of carbonyl (C=O) groups excluding carboxylic acids is 1. The molecule has 0 aliphatic rings. The Balaban J connectivity index is 3.87. The summed E-state index contributed by atoms with van der Waals surface area (Å²) < 4.78 is 0. The Morgan fingerprint density at radius 1 is 1.58 bits per heavy atom. The molecule has 12 heavy (non-hydrogen) atoms. The molecule has 7 nitrogen and oxygen atoms in total. The maximum absolute atomic E-state index is 10.4. The van der Waals surface area contributed by atoms with Crippen molar-refractivity contribution in [3.05, 3.63) is 10.1 Å². The summed E-state index contributed by atoms with van der Waals surface area (Å²) in [5.74, 6) is -2.49. The van der Waals surface area contributed by atoms with Crippen LogP contribution in [0.5, 0.6) is 0 Å². The fourth-order valence-electron chi connectivity index (χ4n) is 0.538. The van der Waals surface area contributed by atoms with Crippen LogP contribution in [0.4, 0.5) is 0 Å². The van der Waals surface area contributed by atoms with E-state index in [9.17, 15) is 19.7 Å². The molecule has 0 aliphatic carbocycles. The van der Waals surface area contributed by atoms with Crippen molar-refractivity contribution in [2.24, 2.45) is 5.73 Å². The smallest absolute Gasteiger partial charge is 0.461 e. The van der Waals surface area contributed by atoms with Crippen molar-refractivity contribution in [1.82, 2.24) is 0 Å². The quantitative estimate of drug-likeness (QED) is 0.417. The second kappa shape index (κ2) is 4.39. The van der Waals surface area contributed by atoms with Crippen LogP contribution in [0.15, 0.2) is 0 Å². The van der Waals surface area contributed by atoms with Gasteiger partial charge in [0.05, 0.1) is 0 Å². The van der Waals surface area contributed by atoms with E-state index in [1.165, 1.54) is 0 Å². The van der Waals surface area contributed by atoms with Gasteiger partial charge >= 0.3 is 11.9 Å². The monoisotopic (exact) mass is 176 g/mol. The van der Waals surface area contributed by atoms with E-state index < -0.39 is 22.8 Å². The molecule has 0 aliphatic heterocycles. The number of amides is 1. The van der Waals surface area contributed by atoms with Crippen LogP contribution in [0.25, 0.3) is 0 Å². The molecule has 0 spiro atoms. The topological polar surface area (TPSA) is 124 Å². The van der Waals surface area contributed by atoms with Gasteiger partial charge in [-0.05, 0) is 6.42 Å². The fraction of sp³-hybridized carbons (Fsp3) is 0.600. The molecule has 0 aromatic heterocycles. The summed E-state index contributed by atoms with van der Waals surface area (Å²) in [6, 6.07) is -1.32. The third-order valence-corrected chi connectivity index (χ3v) is 1.17. The summed E-state index contributed by atoms with van der Waals surface area (Å²) in [6.07, 6.45) is -0.560. The van der Waals surface area contributed by atoms with Crippen molar-refractivity contribution < 1.29 is 19.6 Å². The number of aliphatic carboxylic acids is 1. The summed E-state index contributed by atoms with van der Waals surface area (Å²) in [5, 5.41) is 18.0. The number of carboxylic acids is 1. The molecule has 0 radical (unpaired) electrons. The zero-order valence-corrected chi connectivity index (χ0v) is 6.10. The summed E-state index contributed by atoms with van der Waals surface area (Å²) in [7, 11) is 0. The van der Waals surface area contributed by atoms with Crippen LogP contribution in [0.2, 0.25) is 0 Å². The van der Waals surface area contributed by atoms with Gasteiger partial charge in [0.2, 0.25) is 0 Å². The molecule has 7 heteroatoms. The van der Waals surface area contributed by atoms with Crippen LogP contribution < -0.4 is 5.73 Å². The Morgan fingerprint density at radius 3 is 2.42 bits per heavy atom. The average Bonchev–Trinajstić information content (AvgIpc) is 1.98. The number of hydrogen-bond acceptors (Lipinski definition) is 5. The molecule has 0 fully saturated rings. The van der Waals surface area contributed by atoms with Gasteiger partial charge in [0.1, 0.15) is 11.0 Å². The molecule has 0 rings (SSSR count). The van der Waals surface area contributed by atoms with Gasteiger partial charge in [-0.15, -0.1) is 0 Å². The average molecular weight is 176 g/mol. The first kappa shape index (κ1) is 10.5. The Hall–Kier alpha value is -1.50. The number of rotatable bonds is 4. The van der Waals surface area contributed by atoms with Crippen LogP contribution in [0.1, 0.15) is 12.8 Å². The second-order valence-corrected chi connectivity index (χ2v) is 2.13. The minimum atomic E-state index is -1.35. The number of carbonyl (C=O) groups is 2. The van der Waals surface area contributed by atoms with Crippen LogP contribution in [0, 0.1) is 10.1 Å². The summed E-state index contributed by atoms with van der Waals surface area (Å²) in [4.78, 5) is 29.1. The Bertz CT molecular complexity index is 214. The van der Waals surface area contributed by atoms with Crippen LogP contribution in [-0.2, 0) is 9.59 Å². The summed E-state index contributed by atoms with van der Waals surface area (Å²) in [6.45, 7) is 0. The molecule has 1 atom stereocenters. The van der Waals surface area contributed by atoms with Gasteiger partial charge in [-0.1, -0.05) is 0 Å². The molecule has 68 valence electrons. The Morgan fingerprint density at radius 2 is 2.08 bits per heavy atom.